The largest absolute Gasteiger partial charge is 0.395 e. The van der Waals surface area contributed by atoms with Crippen molar-refractivity contribution in [2.45, 2.75) is 81.3 Å². The van der Waals surface area contributed by atoms with Gasteiger partial charge in [-0.3, -0.25) is 14.7 Å². The first kappa shape index (κ1) is 26.3. The molecule has 1 unspecified atom stereocenters. The Morgan fingerprint density at radius 2 is 1.78 bits per heavy atom. The van der Waals surface area contributed by atoms with Crippen LogP contribution in [-0.4, -0.2) is 79.9 Å². The fourth-order valence-electron chi connectivity index (χ4n) is 6.55. The number of benzene rings is 1. The van der Waals surface area contributed by atoms with E-state index >= 15 is 0 Å². The second-order valence-corrected chi connectivity index (χ2v) is 11.1. The Balaban J connectivity index is 1.16. The third kappa shape index (κ3) is 4.82. The number of ether oxygens (including phenoxy) is 3. The van der Waals surface area contributed by atoms with Crippen LogP contribution in [0.2, 0.25) is 0 Å². The normalized spacial score (nSPS) is 26.7. The minimum absolute atomic E-state index is 0.0946. The average molecular weight is 564 g/mol. The third-order valence-electron chi connectivity index (χ3n) is 8.40. The van der Waals surface area contributed by atoms with Crippen LogP contribution in [0.25, 0.3) is 11.2 Å². The molecule has 0 radical (unpaired) electrons. The van der Waals surface area contributed by atoms with Crippen molar-refractivity contribution in [1.82, 2.24) is 30.2 Å². The Labute approximate surface area is 236 Å². The third-order valence-corrected chi connectivity index (χ3v) is 8.40. The molecule has 4 heterocycles. The van der Waals surface area contributed by atoms with E-state index in [0.717, 1.165) is 36.8 Å². The van der Waals surface area contributed by atoms with Gasteiger partial charge in [0.2, 0.25) is 0 Å². The number of urea groups is 1. The summed E-state index contributed by atoms with van der Waals surface area (Å²) in [5.41, 5.74) is 3.11. The molecule has 2 aromatic heterocycles. The van der Waals surface area contributed by atoms with Crippen LogP contribution in [0.1, 0.15) is 49.5 Å². The van der Waals surface area contributed by atoms with Crippen molar-refractivity contribution in [2.24, 2.45) is 0 Å². The van der Waals surface area contributed by atoms with Crippen LogP contribution in [-0.2, 0) is 31.8 Å². The zero-order valence-corrected chi connectivity index (χ0v) is 22.5. The first-order chi connectivity index (χ1) is 20.0. The van der Waals surface area contributed by atoms with Gasteiger partial charge in [0.15, 0.2) is 35.1 Å². The molecule has 4 atom stereocenters. The van der Waals surface area contributed by atoms with E-state index in [1.807, 2.05) is 12.1 Å². The number of nitrogens with zero attached hydrogens (tertiary/aromatic N) is 4. The van der Waals surface area contributed by atoms with Crippen molar-refractivity contribution >= 4 is 28.9 Å². The topological polar surface area (TPSA) is 162 Å². The molecular weight excluding hydrogens is 530 g/mol. The van der Waals surface area contributed by atoms with Gasteiger partial charge in [-0.25, -0.2) is 19.7 Å². The minimum Gasteiger partial charge on any atom is -0.395 e. The maximum atomic E-state index is 13.1. The molecule has 3 aromatic rings. The zero-order valence-electron chi connectivity index (χ0n) is 22.5. The van der Waals surface area contributed by atoms with Gasteiger partial charge >= 0.3 is 6.03 Å². The fraction of sp³-hybridized carbons (Fsp3) is 0.536. The molecule has 4 N–H and O–H groups in total. The molecule has 2 aliphatic carbocycles. The number of nitrogens with one attached hydrogen (secondary N) is 3. The Kier molecular flexibility index (Phi) is 6.81. The van der Waals surface area contributed by atoms with Crippen LogP contribution in [0.15, 0.2) is 36.9 Å². The highest BCUT2D eigenvalue weighted by Crippen LogP contribution is 2.49. The predicted octanol–water partition coefficient (Wildman–Crippen LogP) is 1.57. The number of hydrogen-bond donors (Lipinski definition) is 4. The van der Waals surface area contributed by atoms with Gasteiger partial charge < -0.3 is 30.0 Å². The monoisotopic (exact) mass is 563 g/mol. The van der Waals surface area contributed by atoms with Gasteiger partial charge in [-0.1, -0.05) is 43.5 Å². The highest BCUT2D eigenvalue weighted by atomic mass is 16.8. The van der Waals surface area contributed by atoms with E-state index in [1.54, 1.807) is 10.9 Å². The highest BCUT2D eigenvalue weighted by Gasteiger charge is 2.62. The van der Waals surface area contributed by atoms with E-state index in [4.69, 9.17) is 14.2 Å². The van der Waals surface area contributed by atoms with E-state index in [1.165, 1.54) is 12.7 Å². The van der Waals surface area contributed by atoms with Crippen molar-refractivity contribution in [1.29, 1.82) is 0 Å². The van der Waals surface area contributed by atoms with E-state index in [9.17, 15) is 14.7 Å². The summed E-state index contributed by atoms with van der Waals surface area (Å²) in [6, 6.07) is 7.91. The van der Waals surface area contributed by atoms with Crippen LogP contribution in [0.3, 0.4) is 0 Å². The Hall–Kier alpha value is -3.65. The van der Waals surface area contributed by atoms with Gasteiger partial charge in [0.05, 0.1) is 12.9 Å². The van der Waals surface area contributed by atoms with Crippen molar-refractivity contribution in [3.05, 3.63) is 48.0 Å². The number of hydrogen-bond acceptors (Lipinski definition) is 9. The first-order valence-electron chi connectivity index (χ1n) is 14.2. The molecule has 3 fully saturated rings. The standard InChI is InChI=1S/C28H33N7O6/c36-11-10-29-25(37)21-20-22(41-28(40-20)12-16-6-4-5-7-17(16)13-28)26(39-21)35-15-32-19-23(30-14-31-24(19)35)34-27(38)33-18-8-2-1-3-9-18/h4-7,14-15,18,20-22,26,36H,1-3,8-13H2,(H,29,37)(H2,30,31,33,34,38)/t20?,21-,22-,26+/m0/s1. The number of imidazole rings is 1. The van der Waals surface area contributed by atoms with Gasteiger partial charge in [-0.15, -0.1) is 0 Å². The number of amides is 3. The molecule has 216 valence electrons. The number of aromatic nitrogens is 4. The number of rotatable bonds is 6. The van der Waals surface area contributed by atoms with Crippen molar-refractivity contribution in [3.8, 4) is 0 Å². The molecule has 2 saturated heterocycles. The second kappa shape index (κ2) is 10.6. The summed E-state index contributed by atoms with van der Waals surface area (Å²) in [6.45, 7) is -0.100. The number of anilines is 1. The molecule has 0 bridgehead atoms. The maximum Gasteiger partial charge on any atom is 0.320 e. The Morgan fingerprint density at radius 1 is 1.02 bits per heavy atom. The van der Waals surface area contributed by atoms with Gasteiger partial charge in [0.25, 0.3) is 5.91 Å². The summed E-state index contributed by atoms with van der Waals surface area (Å²) in [5, 5.41) is 17.8. The molecule has 13 heteroatoms. The molecule has 7 rings (SSSR count). The lowest BCUT2D eigenvalue weighted by Gasteiger charge is -2.27. The summed E-state index contributed by atoms with van der Waals surface area (Å²) >= 11 is 0. The van der Waals surface area contributed by atoms with E-state index in [-0.39, 0.29) is 31.0 Å². The second-order valence-electron chi connectivity index (χ2n) is 11.1. The van der Waals surface area contributed by atoms with Crippen LogP contribution < -0.4 is 16.0 Å². The Bertz CT molecular complexity index is 1430. The quantitative estimate of drug-likeness (QED) is 0.349. The molecule has 13 nitrogen and oxygen atoms in total. The van der Waals surface area contributed by atoms with Gasteiger partial charge in [-0.05, 0) is 24.0 Å². The molecule has 41 heavy (non-hydrogen) atoms. The number of aliphatic hydroxyl groups is 1. The summed E-state index contributed by atoms with van der Waals surface area (Å²) < 4.78 is 21.1. The number of carbonyl (C=O) groups is 2. The minimum atomic E-state index is -0.974. The van der Waals surface area contributed by atoms with Crippen molar-refractivity contribution in [3.63, 3.8) is 0 Å². The highest BCUT2D eigenvalue weighted by molar-refractivity contribution is 5.96. The molecule has 1 spiro atoms. The van der Waals surface area contributed by atoms with Crippen molar-refractivity contribution < 1.29 is 28.9 Å². The lowest BCUT2D eigenvalue weighted by Crippen LogP contribution is -2.44. The number of aliphatic hydroxyl groups excluding tert-OH is 1. The predicted molar refractivity (Wildman–Crippen MR) is 145 cm³/mol. The summed E-state index contributed by atoms with van der Waals surface area (Å²) in [4.78, 5) is 39.0. The molecule has 3 amide bonds. The summed E-state index contributed by atoms with van der Waals surface area (Å²) in [6.07, 6.45) is 6.29. The maximum absolute atomic E-state index is 13.1. The molecular formula is C28H33N7O6. The zero-order chi connectivity index (χ0) is 28.0. The number of carbonyl (C=O) groups excluding carboxylic acids is 2. The average Bonchev–Trinajstić information content (AvgIpc) is 3.73. The fourth-order valence-corrected chi connectivity index (χ4v) is 6.55. The smallest absolute Gasteiger partial charge is 0.320 e. The van der Waals surface area contributed by atoms with Crippen LogP contribution in [0.4, 0.5) is 10.6 Å². The Morgan fingerprint density at radius 3 is 2.54 bits per heavy atom. The van der Waals surface area contributed by atoms with Crippen LogP contribution >= 0.6 is 0 Å². The molecule has 2 aliphatic heterocycles. The van der Waals surface area contributed by atoms with Gasteiger partial charge in [0, 0.05) is 25.4 Å². The van der Waals surface area contributed by atoms with Crippen molar-refractivity contribution in [2.75, 3.05) is 18.5 Å². The first-order valence-corrected chi connectivity index (χ1v) is 14.2. The lowest BCUT2D eigenvalue weighted by molar-refractivity contribution is -0.211. The summed E-state index contributed by atoms with van der Waals surface area (Å²) in [7, 11) is 0. The molecule has 4 aliphatic rings. The molecule has 1 aromatic carbocycles. The number of fused-ring (bicyclic) bond motifs is 3. The van der Waals surface area contributed by atoms with Crippen LogP contribution in [0, 0.1) is 0 Å². The lowest BCUT2D eigenvalue weighted by atomic mass is 9.96. The van der Waals surface area contributed by atoms with E-state index < -0.39 is 36.2 Å². The SMILES string of the molecule is O=C(Nc1ncnc2c1ncn2[C@@H]1O[C@H](C(=O)NCCO)C2OC3(Cc4ccccc4C3)O[C@@H]21)NC1CCCCC1. The van der Waals surface area contributed by atoms with Gasteiger partial charge in [0.1, 0.15) is 18.5 Å². The van der Waals surface area contributed by atoms with Gasteiger partial charge in [-0.2, -0.15) is 0 Å². The summed E-state index contributed by atoms with van der Waals surface area (Å²) in [5.74, 6) is -1.03. The van der Waals surface area contributed by atoms with Crippen LogP contribution in [0.5, 0.6) is 0 Å². The van der Waals surface area contributed by atoms with E-state index in [0.29, 0.717) is 24.0 Å². The van der Waals surface area contributed by atoms with E-state index in [2.05, 4.69) is 43.0 Å². The molecule has 1 saturated carbocycles.